The topological polar surface area (TPSA) is 74.1 Å². The number of rotatable bonds is 10. The molecule has 4 aliphatic rings. The molecule has 8 atom stereocenters. The number of fused-ring (bicyclic) bond motifs is 6. The molecule has 0 unspecified atom stereocenters. The van der Waals surface area contributed by atoms with Crippen molar-refractivity contribution in [3.63, 3.8) is 0 Å². The fraction of sp³-hybridized carbons (Fsp3) is 0.450. The Morgan fingerprint density at radius 1 is 0.609 bits per heavy atom. The van der Waals surface area contributed by atoms with Crippen LogP contribution < -0.4 is 20.1 Å². The first kappa shape index (κ1) is 28.5. The maximum absolute atomic E-state index is 5.59. The number of hydrogen-bond donors (Lipinski definition) is 4. The van der Waals surface area contributed by atoms with E-state index < -0.39 is 0 Å². The van der Waals surface area contributed by atoms with Crippen molar-refractivity contribution in [2.75, 3.05) is 14.2 Å². The van der Waals surface area contributed by atoms with Crippen molar-refractivity contribution in [1.29, 1.82) is 0 Å². The van der Waals surface area contributed by atoms with Gasteiger partial charge in [-0.25, -0.2) is 0 Å². The van der Waals surface area contributed by atoms with Gasteiger partial charge in [0.2, 0.25) is 0 Å². The van der Waals surface area contributed by atoms with Crippen LogP contribution in [0.4, 0.5) is 0 Å². The normalized spacial score (nSPS) is 29.8. The Kier molecular flexibility index (Phi) is 7.12. The molecule has 0 aliphatic heterocycles. The van der Waals surface area contributed by atoms with Crippen LogP contribution in [0, 0.1) is 23.7 Å². The minimum atomic E-state index is 0.510. The van der Waals surface area contributed by atoms with Crippen LogP contribution in [0.5, 0.6) is 11.5 Å². The lowest BCUT2D eigenvalue weighted by Gasteiger charge is -2.32. The standard InChI is InChI=1S/C40H46N4O2/c1-45-29-10-12-35-31(17-29)33(21-41-35)37-25-6-8-27(15-25)39(37)43-19-23-4-3-5-24(14-23)20-44-40-28-9-7-26(16-28)38(40)34-22-42-36-13-11-30(46-2)18-32(34)36/h3-5,10-14,17-18,21-22,25-28,37-44H,6-9,15-16,19-20H2,1-2H3/t25-,26+,27+,28-,37-,38-,39+,40+/m1/s1. The highest BCUT2D eigenvalue weighted by molar-refractivity contribution is 5.86. The Bertz CT molecular complexity index is 1740. The largest absolute Gasteiger partial charge is 0.497 e. The molecule has 4 fully saturated rings. The zero-order valence-corrected chi connectivity index (χ0v) is 27.0. The average Bonchev–Trinajstić information content (AvgIpc) is 3.95. The summed E-state index contributed by atoms with van der Waals surface area (Å²) in [6, 6.07) is 23.2. The Morgan fingerprint density at radius 2 is 1.09 bits per heavy atom. The molecule has 6 nitrogen and oxygen atoms in total. The Labute approximate surface area is 271 Å². The van der Waals surface area contributed by atoms with E-state index in [4.69, 9.17) is 9.47 Å². The van der Waals surface area contributed by atoms with Gasteiger partial charge in [0.25, 0.3) is 0 Å². The van der Waals surface area contributed by atoms with Crippen LogP contribution in [0.15, 0.2) is 73.1 Å². The molecule has 4 aliphatic carbocycles. The van der Waals surface area contributed by atoms with Crippen molar-refractivity contribution in [3.05, 3.63) is 95.3 Å². The molecule has 9 rings (SSSR count). The van der Waals surface area contributed by atoms with Crippen molar-refractivity contribution in [3.8, 4) is 11.5 Å². The third-order valence-electron chi connectivity index (χ3n) is 12.5. The number of methoxy groups -OCH3 is 2. The molecule has 238 valence electrons. The number of nitrogens with one attached hydrogen (secondary N) is 4. The summed E-state index contributed by atoms with van der Waals surface area (Å²) in [4.78, 5) is 7.11. The van der Waals surface area contributed by atoms with Crippen LogP contribution in [0.2, 0.25) is 0 Å². The Balaban J connectivity index is 0.904. The van der Waals surface area contributed by atoms with Crippen molar-refractivity contribution in [2.24, 2.45) is 23.7 Å². The van der Waals surface area contributed by atoms with Gasteiger partial charge in [-0.15, -0.1) is 0 Å². The zero-order valence-electron chi connectivity index (χ0n) is 27.0. The molecule has 2 aromatic heterocycles. The van der Waals surface area contributed by atoms with E-state index >= 15 is 0 Å². The summed E-state index contributed by atoms with van der Waals surface area (Å²) in [7, 11) is 3.52. The van der Waals surface area contributed by atoms with E-state index in [-0.39, 0.29) is 0 Å². The zero-order chi connectivity index (χ0) is 30.8. The number of aromatic nitrogens is 2. The number of benzene rings is 3. The molecule has 0 amide bonds. The Morgan fingerprint density at radius 3 is 1.57 bits per heavy atom. The van der Waals surface area contributed by atoms with E-state index in [0.29, 0.717) is 23.9 Å². The summed E-state index contributed by atoms with van der Waals surface area (Å²) in [5, 5.41) is 10.8. The van der Waals surface area contributed by atoms with Crippen molar-refractivity contribution >= 4 is 21.8 Å². The first-order valence-corrected chi connectivity index (χ1v) is 17.5. The minimum Gasteiger partial charge on any atom is -0.497 e. The molecule has 6 heteroatoms. The highest BCUT2D eigenvalue weighted by atomic mass is 16.5. The lowest BCUT2D eigenvalue weighted by molar-refractivity contribution is 0.309. The van der Waals surface area contributed by atoms with E-state index in [0.717, 1.165) is 48.3 Å². The molecule has 4 N–H and O–H groups in total. The fourth-order valence-electron chi connectivity index (χ4n) is 10.4. The van der Waals surface area contributed by atoms with Gasteiger partial charge in [0, 0.05) is 71.2 Å². The lowest BCUT2D eigenvalue weighted by Crippen LogP contribution is -2.39. The van der Waals surface area contributed by atoms with Crippen molar-refractivity contribution in [2.45, 2.75) is 75.5 Å². The molecule has 3 aromatic carbocycles. The van der Waals surface area contributed by atoms with Gasteiger partial charge in [0.1, 0.15) is 11.5 Å². The quantitative estimate of drug-likeness (QED) is 0.129. The summed E-state index contributed by atoms with van der Waals surface area (Å²) in [5.74, 6) is 6.00. The van der Waals surface area contributed by atoms with Crippen molar-refractivity contribution < 1.29 is 9.47 Å². The number of ether oxygens (including phenoxy) is 2. The molecule has 0 spiro atoms. The SMILES string of the molecule is COc1ccc2[nH]cc([C@H]3[C@@H]4CC[C@@H](C4)[C@@H]3NCc3cccc(CN[C@H]4[C@@H]5CC[C@@H](C5)[C@@H]4c4c[nH]c5ccc(OC)cc45)c3)c2c1. The number of H-pyrrole nitrogens is 2. The van der Waals surface area contributed by atoms with Gasteiger partial charge >= 0.3 is 0 Å². The second-order valence-electron chi connectivity index (χ2n) is 14.7. The van der Waals surface area contributed by atoms with E-state index in [1.807, 2.05) is 0 Å². The predicted molar refractivity (Wildman–Crippen MR) is 185 cm³/mol. The molecule has 4 bridgehead atoms. The summed E-state index contributed by atoms with van der Waals surface area (Å²) in [6.45, 7) is 1.83. The molecular formula is C40H46N4O2. The summed E-state index contributed by atoms with van der Waals surface area (Å²) in [6.07, 6.45) is 12.6. The first-order chi connectivity index (χ1) is 22.7. The van der Waals surface area contributed by atoms with E-state index in [2.05, 4.69) is 93.7 Å². The summed E-state index contributed by atoms with van der Waals surface area (Å²) in [5.41, 5.74) is 8.11. The maximum Gasteiger partial charge on any atom is 0.119 e. The average molecular weight is 615 g/mol. The fourth-order valence-corrected chi connectivity index (χ4v) is 10.4. The molecule has 5 aromatic rings. The van der Waals surface area contributed by atoms with Gasteiger partial charge in [-0.2, -0.15) is 0 Å². The number of hydrogen-bond acceptors (Lipinski definition) is 4. The van der Waals surface area contributed by atoms with Crippen LogP contribution >= 0.6 is 0 Å². The van der Waals surface area contributed by atoms with E-state index in [1.54, 1.807) is 14.2 Å². The van der Waals surface area contributed by atoms with Crippen LogP contribution in [0.1, 0.15) is 72.6 Å². The monoisotopic (exact) mass is 614 g/mol. The molecule has 0 radical (unpaired) electrons. The van der Waals surface area contributed by atoms with E-state index in [9.17, 15) is 0 Å². The van der Waals surface area contributed by atoms with Gasteiger partial charge in [-0.1, -0.05) is 24.3 Å². The Hall–Kier alpha value is -3.74. The van der Waals surface area contributed by atoms with Crippen LogP contribution in [0.25, 0.3) is 21.8 Å². The lowest BCUT2D eigenvalue weighted by atomic mass is 9.79. The highest BCUT2D eigenvalue weighted by Crippen LogP contribution is 2.55. The van der Waals surface area contributed by atoms with Gasteiger partial charge in [-0.3, -0.25) is 0 Å². The molecule has 4 saturated carbocycles. The van der Waals surface area contributed by atoms with Gasteiger partial charge in [0.05, 0.1) is 14.2 Å². The van der Waals surface area contributed by atoms with Crippen LogP contribution in [0.3, 0.4) is 0 Å². The third-order valence-corrected chi connectivity index (χ3v) is 12.5. The smallest absolute Gasteiger partial charge is 0.119 e. The second-order valence-corrected chi connectivity index (χ2v) is 14.7. The van der Waals surface area contributed by atoms with Crippen LogP contribution in [-0.4, -0.2) is 36.3 Å². The molecule has 46 heavy (non-hydrogen) atoms. The predicted octanol–water partition coefficient (Wildman–Crippen LogP) is 8.01. The van der Waals surface area contributed by atoms with Gasteiger partial charge in [-0.05, 0) is 121 Å². The first-order valence-electron chi connectivity index (χ1n) is 17.5. The minimum absolute atomic E-state index is 0.510. The third kappa shape index (κ3) is 4.75. The summed E-state index contributed by atoms with van der Waals surface area (Å²) >= 11 is 0. The van der Waals surface area contributed by atoms with E-state index in [1.165, 1.54) is 82.6 Å². The van der Waals surface area contributed by atoms with Gasteiger partial charge in [0.15, 0.2) is 0 Å². The molecular weight excluding hydrogens is 568 g/mol. The second kappa shape index (κ2) is 11.5. The molecule has 0 saturated heterocycles. The van der Waals surface area contributed by atoms with Crippen LogP contribution in [-0.2, 0) is 13.1 Å². The number of aromatic amines is 2. The summed E-state index contributed by atoms with van der Waals surface area (Å²) < 4.78 is 11.2. The van der Waals surface area contributed by atoms with Gasteiger partial charge < -0.3 is 30.1 Å². The highest BCUT2D eigenvalue weighted by Gasteiger charge is 2.49. The van der Waals surface area contributed by atoms with Crippen molar-refractivity contribution in [1.82, 2.24) is 20.6 Å². The maximum atomic E-state index is 5.59. The molecule has 2 heterocycles.